The zero-order chi connectivity index (χ0) is 20.9. The number of aliphatic imine (C=N–C) groups is 1. The van der Waals surface area contributed by atoms with Crippen molar-refractivity contribution in [3.8, 4) is 11.3 Å². The van der Waals surface area contributed by atoms with Crippen molar-refractivity contribution in [1.29, 1.82) is 0 Å². The Morgan fingerprint density at radius 2 is 2.00 bits per heavy atom. The number of nitrogens with one attached hydrogen (secondary N) is 2. The summed E-state index contributed by atoms with van der Waals surface area (Å²) in [6.45, 7) is 9.03. The zero-order valence-electron chi connectivity index (χ0n) is 17.3. The summed E-state index contributed by atoms with van der Waals surface area (Å²) in [5, 5.41) is 20.3. The van der Waals surface area contributed by atoms with Gasteiger partial charge in [-0.1, -0.05) is 30.3 Å². The van der Waals surface area contributed by atoms with Crippen LogP contribution in [0.3, 0.4) is 0 Å². The summed E-state index contributed by atoms with van der Waals surface area (Å²) in [5.74, 6) is 2.16. The van der Waals surface area contributed by atoms with Crippen molar-refractivity contribution in [2.24, 2.45) is 4.99 Å². The molecule has 1 aromatic carbocycles. The van der Waals surface area contributed by atoms with Gasteiger partial charge in [0.05, 0.1) is 18.8 Å². The zero-order valence-corrected chi connectivity index (χ0v) is 18.1. The second-order valence-electron chi connectivity index (χ2n) is 7.14. The first kappa shape index (κ1) is 21.1. The molecule has 0 bridgehead atoms. The van der Waals surface area contributed by atoms with Gasteiger partial charge in [-0.15, -0.1) is 11.3 Å². The molecule has 6 nitrogen and oxygen atoms in total. The number of rotatable bonds is 7. The molecule has 0 spiro atoms. The van der Waals surface area contributed by atoms with Crippen molar-refractivity contribution in [2.45, 2.75) is 39.8 Å². The van der Waals surface area contributed by atoms with Crippen LogP contribution < -0.4 is 10.6 Å². The molecular formula is C22H28N4O2S. The van der Waals surface area contributed by atoms with Gasteiger partial charge in [-0.3, -0.25) is 0 Å². The number of nitrogens with zero attached hydrogens (tertiary/aromatic N) is 2. The Kier molecular flexibility index (Phi) is 6.71. The number of aryl methyl sites for hydroxylation is 2. The number of hydrogen-bond donors (Lipinski definition) is 3. The van der Waals surface area contributed by atoms with Crippen LogP contribution in [0, 0.1) is 13.8 Å². The fraction of sp³-hybridized carbons (Fsp3) is 0.364. The molecule has 2 aromatic heterocycles. The Morgan fingerprint density at radius 1 is 1.24 bits per heavy atom. The van der Waals surface area contributed by atoms with E-state index in [0.717, 1.165) is 39.9 Å². The van der Waals surface area contributed by atoms with E-state index in [2.05, 4.69) is 38.1 Å². The summed E-state index contributed by atoms with van der Waals surface area (Å²) in [7, 11) is 0. The van der Waals surface area contributed by atoms with E-state index in [9.17, 15) is 5.11 Å². The van der Waals surface area contributed by atoms with Gasteiger partial charge in [-0.05, 0) is 33.8 Å². The number of thiazole rings is 1. The summed E-state index contributed by atoms with van der Waals surface area (Å²) in [5.41, 5.74) is 1.78. The van der Waals surface area contributed by atoms with Gasteiger partial charge in [-0.2, -0.15) is 0 Å². The topological polar surface area (TPSA) is 82.7 Å². The molecule has 1 unspecified atom stereocenters. The summed E-state index contributed by atoms with van der Waals surface area (Å²) in [6, 6.07) is 12.0. The van der Waals surface area contributed by atoms with Crippen molar-refractivity contribution >= 4 is 17.3 Å². The van der Waals surface area contributed by atoms with Gasteiger partial charge in [0.15, 0.2) is 5.96 Å². The minimum Gasteiger partial charge on any atom is -0.466 e. The van der Waals surface area contributed by atoms with Gasteiger partial charge in [-0.25, -0.2) is 9.98 Å². The second-order valence-corrected chi connectivity index (χ2v) is 8.08. The first-order valence-corrected chi connectivity index (χ1v) is 10.6. The maximum absolute atomic E-state index is 10.9. The fourth-order valence-electron chi connectivity index (χ4n) is 3.13. The SMILES string of the molecule is CCNC(=NCc1nc(-c2ccccc2)cs1)NCC(C)(O)c1cc(C)oc1C. The summed E-state index contributed by atoms with van der Waals surface area (Å²) in [6.07, 6.45) is 0. The van der Waals surface area contributed by atoms with Crippen molar-refractivity contribution in [1.82, 2.24) is 15.6 Å². The highest BCUT2D eigenvalue weighted by Gasteiger charge is 2.27. The second kappa shape index (κ2) is 9.24. The lowest BCUT2D eigenvalue weighted by Crippen LogP contribution is -2.44. The minimum absolute atomic E-state index is 0.311. The number of hydrogen-bond acceptors (Lipinski definition) is 5. The lowest BCUT2D eigenvalue weighted by Gasteiger charge is -2.24. The number of benzene rings is 1. The predicted molar refractivity (Wildman–Crippen MR) is 118 cm³/mol. The van der Waals surface area contributed by atoms with Crippen LogP contribution in [-0.2, 0) is 12.1 Å². The molecule has 3 aromatic rings. The molecule has 2 heterocycles. The van der Waals surface area contributed by atoms with Gasteiger partial charge in [0.25, 0.3) is 0 Å². The molecule has 154 valence electrons. The fourth-order valence-corrected chi connectivity index (χ4v) is 3.86. The Morgan fingerprint density at radius 3 is 2.66 bits per heavy atom. The molecule has 1 atom stereocenters. The van der Waals surface area contributed by atoms with E-state index < -0.39 is 5.60 Å². The molecule has 0 fully saturated rings. The lowest BCUT2D eigenvalue weighted by molar-refractivity contribution is 0.0601. The summed E-state index contributed by atoms with van der Waals surface area (Å²) in [4.78, 5) is 9.30. The first-order chi connectivity index (χ1) is 13.9. The van der Waals surface area contributed by atoms with E-state index in [1.165, 1.54) is 0 Å². The Hall–Kier alpha value is -2.64. The lowest BCUT2D eigenvalue weighted by atomic mass is 9.96. The van der Waals surface area contributed by atoms with Gasteiger partial charge in [0.1, 0.15) is 22.1 Å². The number of furan rings is 1. The molecule has 29 heavy (non-hydrogen) atoms. The van der Waals surface area contributed by atoms with Crippen LogP contribution in [0.5, 0.6) is 0 Å². The van der Waals surface area contributed by atoms with Crippen LogP contribution in [0.2, 0.25) is 0 Å². The van der Waals surface area contributed by atoms with E-state index in [0.29, 0.717) is 19.0 Å². The van der Waals surface area contributed by atoms with Gasteiger partial charge in [0, 0.05) is 23.1 Å². The Bertz CT molecular complexity index is 960. The van der Waals surface area contributed by atoms with Crippen LogP contribution in [0.25, 0.3) is 11.3 Å². The van der Waals surface area contributed by atoms with E-state index in [1.807, 2.05) is 45.0 Å². The third-order valence-electron chi connectivity index (χ3n) is 4.56. The van der Waals surface area contributed by atoms with Crippen LogP contribution in [-0.4, -0.2) is 29.1 Å². The summed E-state index contributed by atoms with van der Waals surface area (Å²) < 4.78 is 5.56. The van der Waals surface area contributed by atoms with Gasteiger partial charge < -0.3 is 20.2 Å². The molecule has 0 radical (unpaired) electrons. The number of guanidine groups is 1. The highest BCUT2D eigenvalue weighted by atomic mass is 32.1. The van der Waals surface area contributed by atoms with Crippen LogP contribution in [0.15, 0.2) is 51.2 Å². The molecule has 3 N–H and O–H groups in total. The molecule has 7 heteroatoms. The normalized spacial score (nSPS) is 13.9. The van der Waals surface area contributed by atoms with Gasteiger partial charge in [0.2, 0.25) is 0 Å². The molecule has 0 aliphatic heterocycles. The van der Waals surface area contributed by atoms with E-state index in [1.54, 1.807) is 18.3 Å². The predicted octanol–water partition coefficient (Wildman–Crippen LogP) is 3.98. The quantitative estimate of drug-likeness (QED) is 0.404. The molecule has 0 aliphatic carbocycles. The van der Waals surface area contributed by atoms with Crippen LogP contribution in [0.4, 0.5) is 0 Å². The Balaban J connectivity index is 1.66. The van der Waals surface area contributed by atoms with E-state index in [4.69, 9.17) is 4.42 Å². The maximum Gasteiger partial charge on any atom is 0.191 e. The highest BCUT2D eigenvalue weighted by molar-refractivity contribution is 7.09. The molecule has 0 aliphatic rings. The monoisotopic (exact) mass is 412 g/mol. The molecule has 0 saturated carbocycles. The maximum atomic E-state index is 10.9. The molecular weight excluding hydrogens is 384 g/mol. The van der Waals surface area contributed by atoms with Crippen molar-refractivity contribution in [3.05, 3.63) is 63.9 Å². The highest BCUT2D eigenvalue weighted by Crippen LogP contribution is 2.26. The minimum atomic E-state index is -1.07. The third kappa shape index (κ3) is 5.46. The summed E-state index contributed by atoms with van der Waals surface area (Å²) >= 11 is 1.59. The van der Waals surface area contributed by atoms with Crippen molar-refractivity contribution in [2.75, 3.05) is 13.1 Å². The van der Waals surface area contributed by atoms with Gasteiger partial charge >= 0.3 is 0 Å². The third-order valence-corrected chi connectivity index (χ3v) is 5.39. The van der Waals surface area contributed by atoms with Crippen LogP contribution >= 0.6 is 11.3 Å². The largest absolute Gasteiger partial charge is 0.466 e. The Labute approximate surface area is 175 Å². The molecule has 0 amide bonds. The number of aromatic nitrogens is 1. The average Bonchev–Trinajstić information content (AvgIpc) is 3.31. The van der Waals surface area contributed by atoms with Crippen molar-refractivity contribution in [3.63, 3.8) is 0 Å². The first-order valence-electron chi connectivity index (χ1n) is 9.71. The number of aliphatic hydroxyl groups is 1. The van der Waals surface area contributed by atoms with Crippen molar-refractivity contribution < 1.29 is 9.52 Å². The smallest absolute Gasteiger partial charge is 0.191 e. The molecule has 3 rings (SSSR count). The van der Waals surface area contributed by atoms with E-state index >= 15 is 0 Å². The standard InChI is InChI=1S/C22H28N4O2S/c1-5-23-21(25-14-22(4,27)18-11-15(2)28-16(18)3)24-12-20-26-19(13-29-20)17-9-7-6-8-10-17/h6-11,13,27H,5,12,14H2,1-4H3,(H2,23,24,25). The molecule has 0 saturated heterocycles. The van der Waals surface area contributed by atoms with Crippen LogP contribution in [0.1, 0.15) is 35.9 Å². The average molecular weight is 413 g/mol. The van der Waals surface area contributed by atoms with E-state index in [-0.39, 0.29) is 0 Å².